The summed E-state index contributed by atoms with van der Waals surface area (Å²) >= 11 is 0. The summed E-state index contributed by atoms with van der Waals surface area (Å²) < 4.78 is 5.30. The van der Waals surface area contributed by atoms with Crippen molar-refractivity contribution in [2.75, 3.05) is 13.1 Å². The van der Waals surface area contributed by atoms with E-state index in [9.17, 15) is 4.79 Å². The molecule has 1 N–H and O–H groups in total. The maximum absolute atomic E-state index is 11.8. The molecule has 86 valence electrons. The molecule has 16 heavy (non-hydrogen) atoms. The standard InChI is InChI=1S/C13H17NO2/c1-10-7-14-8-12(10)13(15)16-9-11-5-3-2-4-6-11/h2-6,10,12,14H,7-9H2,1H3/t10-,12-/m1/s1. The first-order chi connectivity index (χ1) is 7.77. The van der Waals surface area contributed by atoms with Crippen molar-refractivity contribution in [2.24, 2.45) is 11.8 Å². The summed E-state index contributed by atoms with van der Waals surface area (Å²) in [5, 5.41) is 3.20. The fourth-order valence-electron chi connectivity index (χ4n) is 1.96. The van der Waals surface area contributed by atoms with E-state index in [1.54, 1.807) is 0 Å². The van der Waals surface area contributed by atoms with Crippen LogP contribution in [0, 0.1) is 11.8 Å². The van der Waals surface area contributed by atoms with E-state index in [4.69, 9.17) is 4.74 Å². The van der Waals surface area contributed by atoms with Gasteiger partial charge in [-0.05, 0) is 18.0 Å². The molecule has 1 heterocycles. The van der Waals surface area contributed by atoms with Crippen molar-refractivity contribution >= 4 is 5.97 Å². The second-order valence-electron chi connectivity index (χ2n) is 4.34. The summed E-state index contributed by atoms with van der Waals surface area (Å²) in [5.41, 5.74) is 1.04. The summed E-state index contributed by atoms with van der Waals surface area (Å²) in [7, 11) is 0. The molecule has 1 saturated heterocycles. The Kier molecular flexibility index (Phi) is 3.57. The molecule has 0 saturated carbocycles. The Hall–Kier alpha value is -1.35. The zero-order chi connectivity index (χ0) is 11.4. The highest BCUT2D eigenvalue weighted by Crippen LogP contribution is 2.17. The molecule has 0 radical (unpaired) electrons. The third kappa shape index (κ3) is 2.61. The molecule has 0 unspecified atom stereocenters. The molecule has 0 aliphatic carbocycles. The van der Waals surface area contributed by atoms with Crippen LogP contribution >= 0.6 is 0 Å². The van der Waals surface area contributed by atoms with E-state index < -0.39 is 0 Å². The third-order valence-electron chi connectivity index (χ3n) is 3.04. The summed E-state index contributed by atoms with van der Waals surface area (Å²) in [5.74, 6) is 0.313. The first-order valence-electron chi connectivity index (χ1n) is 5.68. The summed E-state index contributed by atoms with van der Waals surface area (Å²) in [6.45, 7) is 4.11. The van der Waals surface area contributed by atoms with Crippen LogP contribution in [0.15, 0.2) is 30.3 Å². The number of carbonyl (C=O) groups is 1. The van der Waals surface area contributed by atoms with Gasteiger partial charge in [0, 0.05) is 6.54 Å². The second-order valence-corrected chi connectivity index (χ2v) is 4.34. The molecule has 0 bridgehead atoms. The second kappa shape index (κ2) is 5.12. The van der Waals surface area contributed by atoms with Gasteiger partial charge in [-0.15, -0.1) is 0 Å². The Morgan fingerprint density at radius 3 is 2.75 bits per heavy atom. The van der Waals surface area contributed by atoms with Gasteiger partial charge >= 0.3 is 5.97 Å². The fraction of sp³-hybridized carbons (Fsp3) is 0.462. The van der Waals surface area contributed by atoms with Gasteiger partial charge in [-0.1, -0.05) is 37.3 Å². The predicted octanol–water partition coefficient (Wildman–Crippen LogP) is 1.59. The van der Waals surface area contributed by atoms with E-state index in [1.807, 2.05) is 30.3 Å². The number of hydrogen-bond donors (Lipinski definition) is 1. The lowest BCUT2D eigenvalue weighted by Gasteiger charge is -2.13. The summed E-state index contributed by atoms with van der Waals surface area (Å²) in [4.78, 5) is 11.8. The molecule has 3 nitrogen and oxygen atoms in total. The number of rotatable bonds is 3. The van der Waals surface area contributed by atoms with Gasteiger partial charge in [-0.3, -0.25) is 4.79 Å². The van der Waals surface area contributed by atoms with Crippen molar-refractivity contribution in [1.29, 1.82) is 0 Å². The number of esters is 1. The Bertz CT molecular complexity index is 350. The predicted molar refractivity (Wildman–Crippen MR) is 61.8 cm³/mol. The first-order valence-corrected chi connectivity index (χ1v) is 5.68. The van der Waals surface area contributed by atoms with Gasteiger partial charge in [0.1, 0.15) is 6.61 Å². The van der Waals surface area contributed by atoms with Crippen LogP contribution in [-0.4, -0.2) is 19.1 Å². The van der Waals surface area contributed by atoms with Gasteiger partial charge in [0.2, 0.25) is 0 Å². The Morgan fingerprint density at radius 1 is 1.38 bits per heavy atom. The minimum Gasteiger partial charge on any atom is -0.461 e. The highest BCUT2D eigenvalue weighted by atomic mass is 16.5. The maximum Gasteiger partial charge on any atom is 0.310 e. The van der Waals surface area contributed by atoms with Crippen molar-refractivity contribution in [2.45, 2.75) is 13.5 Å². The molecule has 1 aliphatic heterocycles. The van der Waals surface area contributed by atoms with Crippen LogP contribution < -0.4 is 5.32 Å². The molecular formula is C13H17NO2. The minimum absolute atomic E-state index is 0.0173. The van der Waals surface area contributed by atoms with Crippen LogP contribution in [0.1, 0.15) is 12.5 Å². The molecule has 2 atom stereocenters. The number of ether oxygens (including phenoxy) is 1. The van der Waals surface area contributed by atoms with Crippen LogP contribution in [0.5, 0.6) is 0 Å². The normalized spacial score (nSPS) is 24.3. The number of hydrogen-bond acceptors (Lipinski definition) is 3. The molecule has 1 aromatic rings. The largest absolute Gasteiger partial charge is 0.461 e. The lowest BCUT2D eigenvalue weighted by molar-refractivity contribution is -0.150. The van der Waals surface area contributed by atoms with Crippen molar-refractivity contribution in [3.63, 3.8) is 0 Å². The number of benzene rings is 1. The molecule has 1 aliphatic rings. The number of nitrogens with one attached hydrogen (secondary N) is 1. The zero-order valence-corrected chi connectivity index (χ0v) is 9.48. The minimum atomic E-state index is -0.0821. The van der Waals surface area contributed by atoms with E-state index in [1.165, 1.54) is 0 Å². The molecule has 1 aromatic carbocycles. The fourth-order valence-corrected chi connectivity index (χ4v) is 1.96. The van der Waals surface area contributed by atoms with E-state index in [2.05, 4.69) is 12.2 Å². The van der Waals surface area contributed by atoms with Crippen molar-refractivity contribution in [3.8, 4) is 0 Å². The average molecular weight is 219 g/mol. The Balaban J connectivity index is 1.84. The monoisotopic (exact) mass is 219 g/mol. The van der Waals surface area contributed by atoms with Gasteiger partial charge in [0.05, 0.1) is 5.92 Å². The molecular weight excluding hydrogens is 202 g/mol. The zero-order valence-electron chi connectivity index (χ0n) is 9.48. The van der Waals surface area contributed by atoms with E-state index in [0.717, 1.165) is 18.7 Å². The molecule has 0 spiro atoms. The Morgan fingerprint density at radius 2 is 2.12 bits per heavy atom. The van der Waals surface area contributed by atoms with Crippen LogP contribution in [0.4, 0.5) is 0 Å². The molecule has 3 heteroatoms. The van der Waals surface area contributed by atoms with Crippen LogP contribution in [0.3, 0.4) is 0 Å². The summed E-state index contributed by atoms with van der Waals surface area (Å²) in [6, 6.07) is 9.77. The van der Waals surface area contributed by atoms with Gasteiger partial charge in [-0.2, -0.15) is 0 Å². The van der Waals surface area contributed by atoms with Crippen molar-refractivity contribution in [1.82, 2.24) is 5.32 Å². The van der Waals surface area contributed by atoms with Crippen LogP contribution in [0.25, 0.3) is 0 Å². The molecule has 2 rings (SSSR count). The van der Waals surface area contributed by atoms with Crippen LogP contribution in [0.2, 0.25) is 0 Å². The summed E-state index contributed by atoms with van der Waals surface area (Å²) in [6.07, 6.45) is 0. The van der Waals surface area contributed by atoms with Crippen LogP contribution in [-0.2, 0) is 16.1 Å². The van der Waals surface area contributed by atoms with Crippen molar-refractivity contribution in [3.05, 3.63) is 35.9 Å². The first kappa shape index (κ1) is 11.1. The molecule has 0 amide bonds. The number of carbonyl (C=O) groups excluding carboxylic acids is 1. The average Bonchev–Trinajstić information content (AvgIpc) is 2.74. The highest BCUT2D eigenvalue weighted by molar-refractivity contribution is 5.73. The van der Waals surface area contributed by atoms with E-state index in [0.29, 0.717) is 12.5 Å². The quantitative estimate of drug-likeness (QED) is 0.784. The lowest BCUT2D eigenvalue weighted by atomic mass is 9.99. The highest BCUT2D eigenvalue weighted by Gasteiger charge is 2.30. The third-order valence-corrected chi connectivity index (χ3v) is 3.04. The molecule has 1 fully saturated rings. The van der Waals surface area contributed by atoms with E-state index >= 15 is 0 Å². The Labute approximate surface area is 95.8 Å². The topological polar surface area (TPSA) is 38.3 Å². The lowest BCUT2D eigenvalue weighted by Crippen LogP contribution is -2.23. The van der Waals surface area contributed by atoms with Gasteiger partial charge in [0.15, 0.2) is 0 Å². The van der Waals surface area contributed by atoms with Gasteiger partial charge in [-0.25, -0.2) is 0 Å². The maximum atomic E-state index is 11.8. The van der Waals surface area contributed by atoms with E-state index in [-0.39, 0.29) is 11.9 Å². The smallest absolute Gasteiger partial charge is 0.310 e. The molecule has 0 aromatic heterocycles. The van der Waals surface area contributed by atoms with Gasteiger partial charge < -0.3 is 10.1 Å². The van der Waals surface area contributed by atoms with Crippen molar-refractivity contribution < 1.29 is 9.53 Å². The SMILES string of the molecule is C[C@@H]1CNC[C@H]1C(=O)OCc1ccccc1. The van der Waals surface area contributed by atoms with Gasteiger partial charge in [0.25, 0.3) is 0 Å².